The number of carbonyl (C=O) groups is 3. The van der Waals surface area contributed by atoms with Gasteiger partial charge in [0.25, 0.3) is 0 Å². The van der Waals surface area contributed by atoms with E-state index in [1.807, 2.05) is 30.6 Å². The molecule has 0 bridgehead atoms. The zero-order valence-corrected chi connectivity index (χ0v) is 17.0. The predicted octanol–water partition coefficient (Wildman–Crippen LogP) is 1.90. The minimum atomic E-state index is -0.463. The summed E-state index contributed by atoms with van der Waals surface area (Å²) in [4.78, 5) is 42.0. The fourth-order valence-electron chi connectivity index (χ4n) is 4.31. The summed E-state index contributed by atoms with van der Waals surface area (Å²) in [7, 11) is 0. The van der Waals surface area contributed by atoms with Crippen LogP contribution in [0.5, 0.6) is 0 Å². The van der Waals surface area contributed by atoms with E-state index in [1.165, 1.54) is 0 Å². The third kappa shape index (κ3) is 5.21. The minimum Gasteiger partial charge on any atom is -0.444 e. The van der Waals surface area contributed by atoms with Crippen LogP contribution in [0.25, 0.3) is 0 Å². The molecule has 0 aromatic carbocycles. The van der Waals surface area contributed by atoms with Crippen molar-refractivity contribution in [3.05, 3.63) is 0 Å². The third-order valence-electron chi connectivity index (χ3n) is 6.04. The van der Waals surface area contributed by atoms with Crippen LogP contribution in [0.2, 0.25) is 0 Å². The van der Waals surface area contributed by atoms with E-state index in [4.69, 9.17) is 4.74 Å². The van der Waals surface area contributed by atoms with E-state index in [-0.39, 0.29) is 23.2 Å². The molecule has 3 rings (SSSR count). The first-order chi connectivity index (χ1) is 12.7. The van der Waals surface area contributed by atoms with Crippen molar-refractivity contribution in [1.82, 2.24) is 14.7 Å². The van der Waals surface area contributed by atoms with Crippen molar-refractivity contribution >= 4 is 17.8 Å². The van der Waals surface area contributed by atoms with Crippen LogP contribution >= 0.6 is 0 Å². The summed E-state index contributed by atoms with van der Waals surface area (Å²) in [6.07, 6.45) is 3.82. The van der Waals surface area contributed by atoms with Crippen LogP contribution in [0.4, 0.5) is 4.79 Å². The number of carbonyl (C=O) groups excluding carboxylic acids is 3. The van der Waals surface area contributed by atoms with Crippen molar-refractivity contribution < 1.29 is 19.1 Å². The van der Waals surface area contributed by atoms with Gasteiger partial charge in [0.05, 0.1) is 6.54 Å². The van der Waals surface area contributed by atoms with Crippen LogP contribution in [-0.4, -0.2) is 83.9 Å². The molecule has 0 aromatic rings. The molecule has 27 heavy (non-hydrogen) atoms. The second kappa shape index (κ2) is 7.78. The highest BCUT2D eigenvalue weighted by Gasteiger charge is 2.43. The van der Waals surface area contributed by atoms with E-state index in [2.05, 4.69) is 4.90 Å². The van der Waals surface area contributed by atoms with Crippen molar-refractivity contribution in [2.24, 2.45) is 5.41 Å². The summed E-state index contributed by atoms with van der Waals surface area (Å²) in [6, 6.07) is 0. The van der Waals surface area contributed by atoms with Gasteiger partial charge in [0.1, 0.15) is 11.4 Å². The maximum absolute atomic E-state index is 12.5. The van der Waals surface area contributed by atoms with E-state index in [1.54, 1.807) is 0 Å². The zero-order chi connectivity index (χ0) is 19.7. The maximum atomic E-state index is 12.5. The lowest BCUT2D eigenvalue weighted by Crippen LogP contribution is -2.48. The Balaban J connectivity index is 1.44. The Hall–Kier alpha value is -1.63. The van der Waals surface area contributed by atoms with Gasteiger partial charge < -0.3 is 14.5 Å². The SMILES string of the molecule is CC(C)(C)OC(=O)N1CCC2(CCN(CC(=O)N3CCC(=O)CC3)CC2)C1. The molecule has 3 aliphatic rings. The van der Waals surface area contributed by atoms with Gasteiger partial charge in [-0.05, 0) is 58.5 Å². The molecule has 3 saturated heterocycles. The van der Waals surface area contributed by atoms with Crippen molar-refractivity contribution in [3.8, 4) is 0 Å². The molecular weight excluding hydrogens is 346 g/mol. The van der Waals surface area contributed by atoms with Crippen LogP contribution in [0, 0.1) is 5.41 Å². The summed E-state index contributed by atoms with van der Waals surface area (Å²) in [6.45, 7) is 10.6. The Bertz CT molecular complexity index is 581. The molecule has 0 atom stereocenters. The van der Waals surface area contributed by atoms with Gasteiger partial charge in [-0.3, -0.25) is 14.5 Å². The standard InChI is InChI=1S/C20H33N3O4/c1-19(2,3)27-18(26)23-13-8-20(15-23)6-11-21(12-7-20)14-17(25)22-9-4-16(24)5-10-22/h4-15H2,1-3H3. The van der Waals surface area contributed by atoms with Crippen LogP contribution in [-0.2, 0) is 14.3 Å². The van der Waals surface area contributed by atoms with Crippen LogP contribution < -0.4 is 0 Å². The molecule has 0 N–H and O–H groups in total. The highest BCUT2D eigenvalue weighted by Crippen LogP contribution is 2.40. The average Bonchev–Trinajstić information content (AvgIpc) is 3.00. The van der Waals surface area contributed by atoms with Gasteiger partial charge in [0.2, 0.25) is 5.91 Å². The van der Waals surface area contributed by atoms with Crippen LogP contribution in [0.1, 0.15) is 52.9 Å². The summed E-state index contributed by atoms with van der Waals surface area (Å²) >= 11 is 0. The smallest absolute Gasteiger partial charge is 0.410 e. The lowest BCUT2D eigenvalue weighted by Gasteiger charge is -2.39. The number of ketones is 1. The second-order valence-electron chi connectivity index (χ2n) is 9.35. The molecule has 7 nitrogen and oxygen atoms in total. The van der Waals surface area contributed by atoms with Crippen molar-refractivity contribution in [2.75, 3.05) is 45.8 Å². The fourth-order valence-corrected chi connectivity index (χ4v) is 4.31. The number of nitrogens with zero attached hydrogens (tertiary/aromatic N) is 3. The van der Waals surface area contributed by atoms with E-state index < -0.39 is 5.60 Å². The third-order valence-corrected chi connectivity index (χ3v) is 6.04. The molecule has 0 aromatic heterocycles. The number of Topliss-reactive ketones (excluding diaryl/α,β-unsaturated/α-hetero) is 1. The molecule has 0 saturated carbocycles. The number of piperidine rings is 2. The summed E-state index contributed by atoms with van der Waals surface area (Å²) in [5.41, 5.74) is -0.288. The highest BCUT2D eigenvalue weighted by atomic mass is 16.6. The number of rotatable bonds is 2. The Labute approximate surface area is 162 Å². The molecule has 152 valence electrons. The van der Waals surface area contributed by atoms with Gasteiger partial charge in [0.15, 0.2) is 0 Å². The second-order valence-corrected chi connectivity index (χ2v) is 9.35. The summed E-state index contributed by atoms with van der Waals surface area (Å²) in [5, 5.41) is 0. The molecule has 7 heteroatoms. The minimum absolute atomic E-state index is 0.139. The maximum Gasteiger partial charge on any atom is 0.410 e. The number of hydrogen-bond donors (Lipinski definition) is 0. The molecule has 3 heterocycles. The van der Waals surface area contributed by atoms with E-state index in [9.17, 15) is 14.4 Å². The number of hydrogen-bond acceptors (Lipinski definition) is 5. The highest BCUT2D eigenvalue weighted by molar-refractivity contribution is 5.84. The molecule has 1 spiro atoms. The average molecular weight is 380 g/mol. The fraction of sp³-hybridized carbons (Fsp3) is 0.850. The van der Waals surface area contributed by atoms with E-state index in [0.29, 0.717) is 32.5 Å². The Kier molecular flexibility index (Phi) is 5.79. The lowest BCUT2D eigenvalue weighted by atomic mass is 9.78. The Morgan fingerprint density at radius 2 is 1.56 bits per heavy atom. The van der Waals surface area contributed by atoms with Gasteiger partial charge in [-0.1, -0.05) is 0 Å². The molecule has 0 radical (unpaired) electrons. The molecular formula is C20H33N3O4. The predicted molar refractivity (Wildman–Crippen MR) is 101 cm³/mol. The van der Waals surface area contributed by atoms with Gasteiger partial charge in [0, 0.05) is 39.0 Å². The van der Waals surface area contributed by atoms with Crippen LogP contribution in [0.15, 0.2) is 0 Å². The zero-order valence-electron chi connectivity index (χ0n) is 17.0. The van der Waals surface area contributed by atoms with Gasteiger partial charge in [-0.25, -0.2) is 4.79 Å². The van der Waals surface area contributed by atoms with Crippen molar-refractivity contribution in [3.63, 3.8) is 0 Å². The monoisotopic (exact) mass is 379 g/mol. The van der Waals surface area contributed by atoms with Crippen molar-refractivity contribution in [2.45, 2.75) is 58.5 Å². The molecule has 2 amide bonds. The molecule has 0 unspecified atom stereocenters. The summed E-state index contributed by atoms with van der Waals surface area (Å²) in [5.74, 6) is 0.398. The number of ether oxygens (including phenoxy) is 1. The molecule has 0 aliphatic carbocycles. The van der Waals surface area contributed by atoms with E-state index in [0.717, 1.165) is 45.4 Å². The van der Waals surface area contributed by atoms with Crippen molar-refractivity contribution in [1.29, 1.82) is 0 Å². The summed E-state index contributed by atoms with van der Waals surface area (Å²) < 4.78 is 5.51. The first-order valence-electron chi connectivity index (χ1n) is 10.2. The normalized spacial score (nSPS) is 23.7. The quantitative estimate of drug-likeness (QED) is 0.733. The molecule has 3 fully saturated rings. The number of amides is 2. The van der Waals surface area contributed by atoms with Gasteiger partial charge >= 0.3 is 6.09 Å². The van der Waals surface area contributed by atoms with Crippen LogP contribution in [0.3, 0.4) is 0 Å². The number of likely N-dealkylation sites (tertiary alicyclic amines) is 3. The van der Waals surface area contributed by atoms with Gasteiger partial charge in [-0.15, -0.1) is 0 Å². The lowest BCUT2D eigenvalue weighted by molar-refractivity contribution is -0.136. The largest absolute Gasteiger partial charge is 0.444 e. The topological polar surface area (TPSA) is 70.2 Å². The Morgan fingerprint density at radius 1 is 0.963 bits per heavy atom. The first-order valence-corrected chi connectivity index (χ1v) is 10.2. The van der Waals surface area contributed by atoms with Gasteiger partial charge in [-0.2, -0.15) is 0 Å². The first kappa shape index (κ1) is 20.1. The van der Waals surface area contributed by atoms with E-state index >= 15 is 0 Å². The molecule has 3 aliphatic heterocycles. The Morgan fingerprint density at radius 3 is 2.15 bits per heavy atom.